The van der Waals surface area contributed by atoms with E-state index in [4.69, 9.17) is 0 Å². The molecule has 0 radical (unpaired) electrons. The molecule has 0 aliphatic carbocycles. The first-order valence-electron chi connectivity index (χ1n) is 7.88. The Morgan fingerprint density at radius 2 is 1.83 bits per heavy atom. The first-order chi connectivity index (χ1) is 11.4. The number of halogens is 1. The number of hydrogen-bond acceptors (Lipinski definition) is 2. The van der Waals surface area contributed by atoms with Crippen LogP contribution in [-0.2, 0) is 9.59 Å². The number of rotatable bonds is 3. The van der Waals surface area contributed by atoms with Crippen LogP contribution in [0, 0.1) is 23.3 Å². The van der Waals surface area contributed by atoms with E-state index in [9.17, 15) is 9.59 Å². The molecule has 1 unspecified atom stereocenters. The van der Waals surface area contributed by atoms with Gasteiger partial charge in [0.2, 0.25) is 11.8 Å². The molecule has 2 aromatic rings. The summed E-state index contributed by atoms with van der Waals surface area (Å²) in [6, 6.07) is 13.6. The Kier molecular flexibility index (Phi) is 4.89. The molecule has 1 aliphatic heterocycles. The van der Waals surface area contributed by atoms with Crippen molar-refractivity contribution < 1.29 is 9.59 Å². The summed E-state index contributed by atoms with van der Waals surface area (Å²) in [7, 11) is 0. The maximum atomic E-state index is 12.5. The lowest BCUT2D eigenvalue weighted by Gasteiger charge is -2.18. The summed E-state index contributed by atoms with van der Waals surface area (Å²) in [5, 5.41) is 2.90. The van der Waals surface area contributed by atoms with Crippen molar-refractivity contribution in [3.05, 3.63) is 57.2 Å². The summed E-state index contributed by atoms with van der Waals surface area (Å²) < 4.78 is 1.11. The second-order valence-corrected chi connectivity index (χ2v) is 7.42. The summed E-state index contributed by atoms with van der Waals surface area (Å²) in [6.45, 7) is 4.50. The second-order valence-electron chi connectivity index (χ2n) is 6.17. The number of benzene rings is 2. The fourth-order valence-corrected chi connectivity index (χ4v) is 3.16. The summed E-state index contributed by atoms with van der Waals surface area (Å²) >= 11 is 2.22. The van der Waals surface area contributed by atoms with Gasteiger partial charge >= 0.3 is 0 Å². The van der Waals surface area contributed by atoms with Crippen LogP contribution in [0.5, 0.6) is 0 Å². The fourth-order valence-electron chi connectivity index (χ4n) is 2.80. The van der Waals surface area contributed by atoms with Crippen molar-refractivity contribution in [2.45, 2.75) is 20.3 Å². The Balaban J connectivity index is 1.70. The molecule has 24 heavy (non-hydrogen) atoms. The highest BCUT2D eigenvalue weighted by Crippen LogP contribution is 2.27. The van der Waals surface area contributed by atoms with Crippen molar-refractivity contribution in [2.75, 3.05) is 16.8 Å². The van der Waals surface area contributed by atoms with Crippen molar-refractivity contribution in [2.24, 2.45) is 5.92 Å². The highest BCUT2D eigenvalue weighted by atomic mass is 127. The van der Waals surface area contributed by atoms with E-state index in [1.165, 1.54) is 5.56 Å². The molecule has 1 N–H and O–H groups in total. The van der Waals surface area contributed by atoms with Gasteiger partial charge in [-0.05, 0) is 84.0 Å². The molecule has 1 heterocycles. The van der Waals surface area contributed by atoms with E-state index in [1.54, 1.807) is 4.90 Å². The predicted octanol–water partition coefficient (Wildman–Crippen LogP) is 3.90. The molecule has 0 spiro atoms. The molecule has 2 aromatic carbocycles. The fraction of sp³-hybridized carbons (Fsp3) is 0.263. The van der Waals surface area contributed by atoms with Gasteiger partial charge in [-0.1, -0.05) is 6.07 Å². The first-order valence-corrected chi connectivity index (χ1v) is 8.96. The minimum atomic E-state index is -0.321. The molecule has 1 saturated heterocycles. The highest BCUT2D eigenvalue weighted by molar-refractivity contribution is 14.1. The van der Waals surface area contributed by atoms with Gasteiger partial charge in [-0.15, -0.1) is 0 Å². The van der Waals surface area contributed by atoms with E-state index in [-0.39, 0.29) is 24.2 Å². The zero-order chi connectivity index (χ0) is 17.3. The molecule has 2 amide bonds. The summed E-state index contributed by atoms with van der Waals surface area (Å²) in [6.07, 6.45) is 0.253. The normalized spacial score (nSPS) is 17.2. The molecule has 1 atom stereocenters. The zero-order valence-electron chi connectivity index (χ0n) is 13.7. The third-order valence-corrected chi connectivity index (χ3v) is 5.13. The zero-order valence-corrected chi connectivity index (χ0v) is 15.8. The first kappa shape index (κ1) is 17.0. The lowest BCUT2D eigenvalue weighted by atomic mass is 10.1. The van der Waals surface area contributed by atoms with Gasteiger partial charge in [0, 0.05) is 27.9 Å². The Labute approximate surface area is 155 Å². The number of nitrogens with one attached hydrogen (secondary N) is 1. The molecular formula is C19H19IN2O2. The monoisotopic (exact) mass is 434 g/mol. The Bertz CT molecular complexity index is 786. The summed E-state index contributed by atoms with van der Waals surface area (Å²) in [5.41, 5.74) is 3.97. The van der Waals surface area contributed by atoms with Gasteiger partial charge in [0.25, 0.3) is 0 Å². The molecule has 1 fully saturated rings. The van der Waals surface area contributed by atoms with Crippen LogP contribution in [0.25, 0.3) is 0 Å². The minimum absolute atomic E-state index is 0.000938. The van der Waals surface area contributed by atoms with Gasteiger partial charge < -0.3 is 10.2 Å². The molecule has 0 saturated carbocycles. The van der Waals surface area contributed by atoms with Gasteiger partial charge in [0.15, 0.2) is 0 Å². The van der Waals surface area contributed by atoms with Crippen LogP contribution in [0.3, 0.4) is 0 Å². The van der Waals surface area contributed by atoms with Crippen molar-refractivity contribution >= 4 is 45.8 Å². The number of aryl methyl sites for hydroxylation is 2. The molecule has 1 aliphatic rings. The maximum Gasteiger partial charge on any atom is 0.229 e. The van der Waals surface area contributed by atoms with Crippen LogP contribution in [0.15, 0.2) is 42.5 Å². The lowest BCUT2D eigenvalue weighted by molar-refractivity contribution is -0.122. The average molecular weight is 434 g/mol. The molecule has 124 valence electrons. The van der Waals surface area contributed by atoms with E-state index < -0.39 is 0 Å². The topological polar surface area (TPSA) is 49.4 Å². The highest BCUT2D eigenvalue weighted by Gasteiger charge is 2.35. The Morgan fingerprint density at radius 1 is 1.12 bits per heavy atom. The SMILES string of the molecule is Cc1ccc(N2CC(C(=O)Nc3ccc(I)cc3)CC2=O)cc1C. The van der Waals surface area contributed by atoms with E-state index >= 15 is 0 Å². The van der Waals surface area contributed by atoms with Gasteiger partial charge in [-0.3, -0.25) is 9.59 Å². The van der Waals surface area contributed by atoms with Crippen molar-refractivity contribution in [3.8, 4) is 0 Å². The number of carbonyl (C=O) groups is 2. The molecule has 4 nitrogen and oxygen atoms in total. The molecule has 3 rings (SSSR count). The van der Waals surface area contributed by atoms with Crippen molar-refractivity contribution in [3.63, 3.8) is 0 Å². The van der Waals surface area contributed by atoms with Gasteiger partial charge in [-0.25, -0.2) is 0 Å². The molecular weight excluding hydrogens is 415 g/mol. The van der Waals surface area contributed by atoms with Gasteiger partial charge in [0.1, 0.15) is 0 Å². The predicted molar refractivity (Wildman–Crippen MR) is 104 cm³/mol. The van der Waals surface area contributed by atoms with Crippen LogP contribution in [0.4, 0.5) is 11.4 Å². The minimum Gasteiger partial charge on any atom is -0.326 e. The van der Waals surface area contributed by atoms with Crippen molar-refractivity contribution in [1.29, 1.82) is 0 Å². The maximum absolute atomic E-state index is 12.5. The van der Waals surface area contributed by atoms with E-state index in [0.29, 0.717) is 6.54 Å². The van der Waals surface area contributed by atoms with E-state index in [0.717, 1.165) is 20.5 Å². The van der Waals surface area contributed by atoms with E-state index in [1.807, 2.05) is 56.3 Å². The number of anilines is 2. The van der Waals surface area contributed by atoms with E-state index in [2.05, 4.69) is 27.9 Å². The smallest absolute Gasteiger partial charge is 0.229 e. The van der Waals surface area contributed by atoms with Crippen LogP contribution in [-0.4, -0.2) is 18.4 Å². The van der Waals surface area contributed by atoms with Crippen LogP contribution in [0.1, 0.15) is 17.5 Å². The van der Waals surface area contributed by atoms with Crippen LogP contribution >= 0.6 is 22.6 Å². The molecule has 5 heteroatoms. The van der Waals surface area contributed by atoms with Crippen molar-refractivity contribution in [1.82, 2.24) is 0 Å². The third kappa shape index (κ3) is 3.61. The largest absolute Gasteiger partial charge is 0.326 e. The number of nitrogens with zero attached hydrogens (tertiary/aromatic N) is 1. The third-order valence-electron chi connectivity index (χ3n) is 4.41. The summed E-state index contributed by atoms with van der Waals surface area (Å²) in [5.74, 6) is -0.421. The van der Waals surface area contributed by atoms with Gasteiger partial charge in [0.05, 0.1) is 5.92 Å². The summed E-state index contributed by atoms with van der Waals surface area (Å²) in [4.78, 5) is 26.5. The number of amides is 2. The van der Waals surface area contributed by atoms with Crippen LogP contribution in [0.2, 0.25) is 0 Å². The lowest BCUT2D eigenvalue weighted by Crippen LogP contribution is -2.28. The quantitative estimate of drug-likeness (QED) is 0.746. The Morgan fingerprint density at radius 3 is 2.50 bits per heavy atom. The molecule has 0 aromatic heterocycles. The van der Waals surface area contributed by atoms with Crippen LogP contribution < -0.4 is 10.2 Å². The average Bonchev–Trinajstić information content (AvgIpc) is 2.94. The molecule has 0 bridgehead atoms. The van der Waals surface area contributed by atoms with Gasteiger partial charge in [-0.2, -0.15) is 0 Å². The Hall–Kier alpha value is -1.89. The second kappa shape index (κ2) is 6.93. The number of hydrogen-bond donors (Lipinski definition) is 1. The number of carbonyl (C=O) groups excluding carboxylic acids is 2. The standard InChI is InChI=1S/C19H19IN2O2/c1-12-3-8-17(9-13(12)2)22-11-14(10-18(22)23)19(24)21-16-6-4-15(20)5-7-16/h3-9,14H,10-11H2,1-2H3,(H,21,24).